The van der Waals surface area contributed by atoms with Gasteiger partial charge in [-0.1, -0.05) is 26.0 Å². The number of amides is 2. The number of ether oxygens (including phenoxy) is 1. The number of piperidine rings is 1. The molecular weight excluding hydrogens is 684 g/mol. The molecule has 2 saturated carbocycles. The zero-order valence-electron chi connectivity index (χ0n) is 32.0. The Morgan fingerprint density at radius 1 is 1.02 bits per heavy atom. The van der Waals surface area contributed by atoms with E-state index in [0.717, 1.165) is 66.6 Å². The molecular formula is C42H51FN8O3. The Hall–Kier alpha value is -4.42. The summed E-state index contributed by atoms with van der Waals surface area (Å²) in [6, 6.07) is 10.6. The number of fused-ring (bicyclic) bond motifs is 3. The maximum atomic E-state index is 15.0. The molecule has 11 nitrogen and oxygen atoms in total. The molecule has 0 unspecified atom stereocenters. The largest absolute Gasteiger partial charge is 0.381 e. The van der Waals surface area contributed by atoms with E-state index in [1.165, 1.54) is 12.6 Å². The number of imidazole rings is 1. The van der Waals surface area contributed by atoms with Gasteiger partial charge in [-0.25, -0.2) is 14.4 Å². The van der Waals surface area contributed by atoms with Gasteiger partial charge in [0.15, 0.2) is 11.6 Å². The third kappa shape index (κ3) is 5.79. The number of carbonyl (C=O) groups excluding carboxylic acids is 2. The fourth-order valence-electron chi connectivity index (χ4n) is 9.75. The molecule has 2 saturated heterocycles. The van der Waals surface area contributed by atoms with Crippen LogP contribution < -0.4 is 10.2 Å². The molecule has 9 rings (SSSR count). The maximum absolute atomic E-state index is 15.0. The smallest absolute Gasteiger partial charge is 0.238 e. The summed E-state index contributed by atoms with van der Waals surface area (Å²) < 4.78 is 22.4. The van der Waals surface area contributed by atoms with Crippen LogP contribution in [0, 0.1) is 17.2 Å². The summed E-state index contributed by atoms with van der Waals surface area (Å²) in [5.41, 5.74) is 5.02. The third-order valence-corrected chi connectivity index (χ3v) is 13.2. The first-order valence-corrected chi connectivity index (χ1v) is 19.7. The van der Waals surface area contributed by atoms with Gasteiger partial charge in [0.2, 0.25) is 11.8 Å². The highest BCUT2D eigenvalue weighted by molar-refractivity contribution is 6.09. The number of carbonyl (C=O) groups is 2. The monoisotopic (exact) mass is 734 g/mol. The summed E-state index contributed by atoms with van der Waals surface area (Å²) in [5.74, 6) is 0.414. The van der Waals surface area contributed by atoms with Gasteiger partial charge in [-0.2, -0.15) is 0 Å². The van der Waals surface area contributed by atoms with Crippen LogP contribution >= 0.6 is 0 Å². The van der Waals surface area contributed by atoms with E-state index in [4.69, 9.17) is 14.7 Å². The molecule has 1 N–H and O–H groups in total. The molecule has 3 aromatic heterocycles. The SMILES string of the molecule is COC1CC(C(=O)N2CCC3(CC2)C(=O)N(C2CC(N4CCC(C)(C)C4)C2)c2cc(-c4cc5ncn(C(C)C)c5c(Nc5ccncc5F)n4)ccc23)C1. The molecule has 0 bridgehead atoms. The van der Waals surface area contributed by atoms with Gasteiger partial charge >= 0.3 is 0 Å². The molecule has 6 heterocycles. The number of benzene rings is 1. The van der Waals surface area contributed by atoms with E-state index in [2.05, 4.69) is 66.0 Å². The fourth-order valence-corrected chi connectivity index (χ4v) is 9.75. The van der Waals surface area contributed by atoms with Crippen molar-refractivity contribution >= 4 is 40.0 Å². The van der Waals surface area contributed by atoms with Crippen molar-refractivity contribution in [1.82, 2.24) is 29.3 Å². The lowest BCUT2D eigenvalue weighted by Gasteiger charge is -2.47. The van der Waals surface area contributed by atoms with Crippen LogP contribution in [0.2, 0.25) is 0 Å². The summed E-state index contributed by atoms with van der Waals surface area (Å²) in [4.78, 5) is 48.9. The van der Waals surface area contributed by atoms with Gasteiger partial charge in [-0.15, -0.1) is 0 Å². The standard InChI is InChI=1S/C42H51FN8O3/c1-25(2)50-24-45-35-21-34(47-38(37(35)50)46-33-8-12-44-22-32(33)43)26-6-7-31-36(18-26)51(29-19-28(20-29)49-13-9-41(3,4)23-49)40(53)42(31)10-14-48(15-11-42)39(52)27-16-30(17-27)54-5/h6-8,12,18,21-22,24-25,27-30H,9-11,13-17,19-20,23H2,1-5H3,(H,44,46,47). The van der Waals surface area contributed by atoms with E-state index < -0.39 is 11.2 Å². The van der Waals surface area contributed by atoms with Crippen molar-refractivity contribution in [3.05, 3.63) is 60.4 Å². The zero-order valence-corrected chi connectivity index (χ0v) is 32.0. The summed E-state index contributed by atoms with van der Waals surface area (Å²) in [5, 5.41) is 3.24. The average molecular weight is 735 g/mol. The van der Waals surface area contributed by atoms with Gasteiger partial charge in [0.05, 0.1) is 40.9 Å². The first kappa shape index (κ1) is 35.3. The summed E-state index contributed by atoms with van der Waals surface area (Å²) >= 11 is 0. The van der Waals surface area contributed by atoms with Crippen molar-refractivity contribution in [2.75, 3.05) is 43.5 Å². The number of aromatic nitrogens is 4. The molecule has 0 atom stereocenters. The lowest BCUT2D eigenvalue weighted by molar-refractivity contribution is -0.146. The summed E-state index contributed by atoms with van der Waals surface area (Å²) in [6.45, 7) is 12.2. The fraction of sp³-hybridized carbons (Fsp3) is 0.548. The normalized spacial score (nSPS) is 26.0. The first-order valence-electron chi connectivity index (χ1n) is 19.7. The number of pyridine rings is 2. The number of nitrogens with zero attached hydrogens (tertiary/aromatic N) is 7. The Labute approximate surface area is 316 Å². The molecule has 54 heavy (non-hydrogen) atoms. The van der Waals surface area contributed by atoms with Crippen molar-refractivity contribution in [2.24, 2.45) is 11.3 Å². The van der Waals surface area contributed by atoms with Crippen molar-refractivity contribution in [3.8, 4) is 11.3 Å². The van der Waals surface area contributed by atoms with Crippen LogP contribution in [0.25, 0.3) is 22.3 Å². The number of anilines is 3. The molecule has 12 heteroatoms. The van der Waals surface area contributed by atoms with E-state index >= 15 is 0 Å². The van der Waals surface area contributed by atoms with Crippen molar-refractivity contribution < 1.29 is 18.7 Å². The Morgan fingerprint density at radius 2 is 1.80 bits per heavy atom. The third-order valence-electron chi connectivity index (χ3n) is 13.2. The number of nitrogens with one attached hydrogen (secondary N) is 1. The first-order chi connectivity index (χ1) is 25.9. The van der Waals surface area contributed by atoms with E-state index in [0.29, 0.717) is 48.9 Å². The van der Waals surface area contributed by atoms with Gasteiger partial charge in [0.25, 0.3) is 0 Å². The van der Waals surface area contributed by atoms with Crippen LogP contribution in [-0.4, -0.2) is 92.6 Å². The molecule has 2 aliphatic carbocycles. The average Bonchev–Trinajstić information content (AvgIpc) is 3.78. The minimum absolute atomic E-state index is 0.0169. The number of likely N-dealkylation sites (tertiary alicyclic amines) is 2. The predicted octanol–water partition coefficient (Wildman–Crippen LogP) is 6.85. The van der Waals surface area contributed by atoms with Crippen LogP contribution in [-0.2, 0) is 19.7 Å². The molecule has 4 aromatic rings. The van der Waals surface area contributed by atoms with Gasteiger partial charge < -0.3 is 24.4 Å². The minimum atomic E-state index is -0.668. The molecule has 3 aliphatic heterocycles. The summed E-state index contributed by atoms with van der Waals surface area (Å²) in [6.07, 6.45) is 10.6. The maximum Gasteiger partial charge on any atom is 0.238 e. The van der Waals surface area contributed by atoms with Crippen molar-refractivity contribution in [3.63, 3.8) is 0 Å². The number of rotatable bonds is 8. The highest BCUT2D eigenvalue weighted by atomic mass is 19.1. The van der Waals surface area contributed by atoms with Crippen LogP contribution in [0.4, 0.5) is 21.6 Å². The number of hydrogen-bond acceptors (Lipinski definition) is 8. The quantitative estimate of drug-likeness (QED) is 0.210. The van der Waals surface area contributed by atoms with E-state index in [1.807, 2.05) is 15.5 Å². The number of hydrogen-bond donors (Lipinski definition) is 1. The Kier molecular flexibility index (Phi) is 8.57. The second-order valence-corrected chi connectivity index (χ2v) is 17.5. The molecule has 0 radical (unpaired) electrons. The molecule has 284 valence electrons. The minimum Gasteiger partial charge on any atom is -0.381 e. The van der Waals surface area contributed by atoms with Gasteiger partial charge in [-0.05, 0) is 94.5 Å². The van der Waals surface area contributed by atoms with E-state index in [9.17, 15) is 14.0 Å². The molecule has 2 amide bonds. The number of halogens is 1. The lowest BCUT2D eigenvalue weighted by Crippen LogP contribution is -2.58. The highest BCUT2D eigenvalue weighted by Crippen LogP contribution is 2.53. The van der Waals surface area contributed by atoms with E-state index in [-0.39, 0.29) is 41.6 Å². The summed E-state index contributed by atoms with van der Waals surface area (Å²) in [7, 11) is 1.71. The second-order valence-electron chi connectivity index (χ2n) is 17.5. The van der Waals surface area contributed by atoms with Crippen molar-refractivity contribution in [1.29, 1.82) is 0 Å². The lowest BCUT2D eigenvalue weighted by atomic mass is 9.72. The van der Waals surface area contributed by atoms with Gasteiger partial charge in [-0.3, -0.25) is 19.5 Å². The molecule has 1 spiro atoms. The van der Waals surface area contributed by atoms with Gasteiger partial charge in [0.1, 0.15) is 5.52 Å². The molecule has 1 aromatic carbocycles. The Morgan fingerprint density at radius 3 is 2.48 bits per heavy atom. The van der Waals surface area contributed by atoms with Crippen LogP contribution in [0.1, 0.15) is 84.2 Å². The topological polar surface area (TPSA) is 109 Å². The van der Waals surface area contributed by atoms with Gasteiger partial charge in [0, 0.05) is 68.2 Å². The Balaban J connectivity index is 1.06. The van der Waals surface area contributed by atoms with Crippen molar-refractivity contribution in [2.45, 2.75) is 102 Å². The molecule has 4 fully saturated rings. The number of methoxy groups -OCH3 is 1. The van der Waals surface area contributed by atoms with Crippen LogP contribution in [0.3, 0.4) is 0 Å². The Bertz CT molecular complexity index is 2110. The zero-order chi connectivity index (χ0) is 37.5. The molecule has 5 aliphatic rings. The van der Waals surface area contributed by atoms with Crippen LogP contribution in [0.5, 0.6) is 0 Å². The van der Waals surface area contributed by atoms with E-state index in [1.54, 1.807) is 25.7 Å². The predicted molar refractivity (Wildman–Crippen MR) is 206 cm³/mol. The highest BCUT2D eigenvalue weighted by Gasteiger charge is 2.56. The second kappa shape index (κ2) is 13.1. The van der Waals surface area contributed by atoms with Crippen LogP contribution in [0.15, 0.2) is 49.1 Å².